The molecule has 284 valence electrons. The molecule has 0 fully saturated rings. The first kappa shape index (κ1) is 38.2. The lowest BCUT2D eigenvalue weighted by Crippen LogP contribution is -2.45. The Labute approximate surface area is 350 Å². The lowest BCUT2D eigenvalue weighted by molar-refractivity contribution is 0.289. The van der Waals surface area contributed by atoms with Crippen molar-refractivity contribution in [2.75, 3.05) is 0 Å². The topological polar surface area (TPSA) is 0 Å². The van der Waals surface area contributed by atoms with Gasteiger partial charge in [-0.05, 0) is 86.5 Å². The maximum Gasteiger partial charge on any atom is 0.129 e. The molecule has 0 unspecified atom stereocenters. The van der Waals surface area contributed by atoms with Crippen LogP contribution < -0.4 is 0 Å². The van der Waals surface area contributed by atoms with Crippen LogP contribution in [0.4, 0.5) is 0 Å². The van der Waals surface area contributed by atoms with E-state index in [0.29, 0.717) is 0 Å². The Balaban J connectivity index is 1.40. The second-order valence-corrected chi connectivity index (χ2v) is 34.0. The maximum atomic E-state index is 3.61. The fourth-order valence-corrected chi connectivity index (χ4v) is 12.1. The minimum absolute atomic E-state index is 0.0523. The van der Waals surface area contributed by atoms with E-state index in [1.165, 1.54) is 50.1 Å². The van der Waals surface area contributed by atoms with E-state index in [9.17, 15) is 0 Å². The lowest BCUT2D eigenvalue weighted by Gasteiger charge is -2.43. The van der Waals surface area contributed by atoms with Gasteiger partial charge in [0.25, 0.3) is 0 Å². The van der Waals surface area contributed by atoms with Gasteiger partial charge in [-0.1, -0.05) is 186 Å². The van der Waals surface area contributed by atoms with Crippen LogP contribution in [0.3, 0.4) is 0 Å². The van der Waals surface area contributed by atoms with Crippen molar-refractivity contribution in [3.63, 3.8) is 0 Å². The summed E-state index contributed by atoms with van der Waals surface area (Å²) >= 11 is 0. The number of fused-ring (bicyclic) bond motifs is 9. The van der Waals surface area contributed by atoms with Gasteiger partial charge in [-0.25, -0.2) is 0 Å². The number of benzene rings is 6. The van der Waals surface area contributed by atoms with E-state index in [4.69, 9.17) is 0 Å². The van der Waals surface area contributed by atoms with Crippen molar-refractivity contribution in [2.24, 2.45) is 5.92 Å². The smallest absolute Gasteiger partial charge is 0.127 e. The monoisotopic (exact) mass is 796 g/mol. The van der Waals surface area contributed by atoms with E-state index in [1.54, 1.807) is 0 Å². The zero-order valence-electron chi connectivity index (χ0n) is 35.4. The Morgan fingerprint density at radius 3 is 0.707 bits per heavy atom. The van der Waals surface area contributed by atoms with Crippen molar-refractivity contribution in [1.29, 1.82) is 0 Å². The average Bonchev–Trinajstić information content (AvgIpc) is 3.76. The molecule has 3 heteroatoms. The molecule has 0 aliphatic heterocycles. The van der Waals surface area contributed by atoms with Crippen LogP contribution in [-0.4, -0.2) is 24.2 Å². The van der Waals surface area contributed by atoms with Gasteiger partial charge in [0.1, 0.15) is 24.2 Å². The Kier molecular flexibility index (Phi) is 8.79. The van der Waals surface area contributed by atoms with Crippen LogP contribution >= 0.6 is 0 Å². The van der Waals surface area contributed by atoms with E-state index >= 15 is 0 Å². The summed E-state index contributed by atoms with van der Waals surface area (Å²) in [7, 11) is -4.65. The van der Waals surface area contributed by atoms with Gasteiger partial charge in [-0.15, -0.1) is 16.6 Å². The molecule has 0 amide bonds. The summed E-state index contributed by atoms with van der Waals surface area (Å²) < 4.78 is 0. The molecule has 0 heterocycles. The first-order valence-corrected chi connectivity index (χ1v) is 31.3. The molecule has 0 saturated heterocycles. The zero-order chi connectivity index (χ0) is 40.7. The predicted octanol–water partition coefficient (Wildman–Crippen LogP) is 12.3. The second kappa shape index (κ2) is 13.3. The third-order valence-corrected chi connectivity index (χ3v) is 15.0. The minimum atomic E-state index is -1.55. The lowest BCUT2D eigenvalue weighted by atomic mass is 9.56. The van der Waals surface area contributed by atoms with Crippen molar-refractivity contribution >= 4 is 24.2 Å². The Hall–Kier alpha value is -5.35. The molecule has 0 N–H and O–H groups in total. The summed E-state index contributed by atoms with van der Waals surface area (Å²) in [5.41, 5.74) is 25.0. The fourth-order valence-electron chi connectivity index (χ4n) is 10.5. The van der Waals surface area contributed by atoms with Crippen LogP contribution in [-0.2, 0) is 16.2 Å². The second-order valence-electron chi connectivity index (χ2n) is 19.7. The summed E-state index contributed by atoms with van der Waals surface area (Å²) in [6, 6.07) is 56.3. The van der Waals surface area contributed by atoms with Gasteiger partial charge in [0, 0.05) is 22.6 Å². The highest BCUT2D eigenvalue weighted by Crippen LogP contribution is 2.80. The summed E-state index contributed by atoms with van der Waals surface area (Å²) in [5, 5.41) is 0. The molecule has 0 saturated carbocycles. The first-order valence-electron chi connectivity index (χ1n) is 20.8. The van der Waals surface area contributed by atoms with Gasteiger partial charge < -0.3 is 0 Å². The van der Waals surface area contributed by atoms with Crippen molar-refractivity contribution in [1.82, 2.24) is 0 Å². The minimum Gasteiger partial charge on any atom is -0.127 e. The highest BCUT2D eigenvalue weighted by atomic mass is 28.3. The molecular formula is C55H52Si3. The molecule has 6 aromatic rings. The van der Waals surface area contributed by atoms with Crippen molar-refractivity contribution in [2.45, 2.75) is 75.2 Å². The predicted molar refractivity (Wildman–Crippen MR) is 252 cm³/mol. The molecule has 0 atom stereocenters. The largest absolute Gasteiger partial charge is 0.129 e. The van der Waals surface area contributed by atoms with E-state index in [1.807, 2.05) is 0 Å². The molecular weight excluding hydrogens is 745 g/mol. The highest BCUT2D eigenvalue weighted by molar-refractivity contribution is 6.84. The van der Waals surface area contributed by atoms with E-state index in [0.717, 1.165) is 16.7 Å². The first-order chi connectivity index (χ1) is 27.6. The van der Waals surface area contributed by atoms with Crippen LogP contribution in [0.1, 0.15) is 66.8 Å². The number of hydrogen-bond acceptors (Lipinski definition) is 0. The molecule has 3 aliphatic carbocycles. The molecule has 0 spiro atoms. The van der Waals surface area contributed by atoms with Crippen molar-refractivity contribution in [3.05, 3.63) is 212 Å². The van der Waals surface area contributed by atoms with Crippen LogP contribution in [0.15, 0.2) is 146 Å². The standard InChI is InChI=1S/C55H52Si3/c1-56(2,3)37-34-40-22-28-43(29-23-40)53-46-16-10-12-18-48(46)54(44-30-24-41(25-31-44)35-38-57(4,5)6)50-20-14-15-21-51(50)55(52(53)54,49-19-13-11-17-47(49)53)45-32-26-42(27-33-45)36-39-58(7,8)9/h10-33,52H,1-9H3. The number of hydrogen-bond donors (Lipinski definition) is 0. The van der Waals surface area contributed by atoms with Crippen LogP contribution in [0.5, 0.6) is 0 Å². The van der Waals surface area contributed by atoms with E-state index < -0.39 is 40.5 Å². The maximum absolute atomic E-state index is 3.61. The average molecular weight is 797 g/mol. The zero-order valence-corrected chi connectivity index (χ0v) is 38.4. The molecule has 0 bridgehead atoms. The molecule has 58 heavy (non-hydrogen) atoms. The summed E-state index contributed by atoms with van der Waals surface area (Å²) in [5.74, 6) is 10.7. The molecule has 0 nitrogen and oxygen atoms in total. The summed E-state index contributed by atoms with van der Waals surface area (Å²) in [6.07, 6.45) is 0. The molecule has 3 aliphatic rings. The Morgan fingerprint density at radius 2 is 0.517 bits per heavy atom. The highest BCUT2D eigenvalue weighted by Gasteiger charge is 2.78. The van der Waals surface area contributed by atoms with Gasteiger partial charge in [-0.2, -0.15) is 0 Å². The molecule has 0 aromatic heterocycles. The van der Waals surface area contributed by atoms with Gasteiger partial charge in [0.05, 0.1) is 16.2 Å². The van der Waals surface area contributed by atoms with Crippen molar-refractivity contribution < 1.29 is 0 Å². The summed E-state index contributed by atoms with van der Waals surface area (Å²) in [6.45, 7) is 20.8. The van der Waals surface area contributed by atoms with Crippen LogP contribution in [0, 0.1) is 40.3 Å². The molecule has 6 aromatic carbocycles. The van der Waals surface area contributed by atoms with Gasteiger partial charge in [0.15, 0.2) is 0 Å². The third kappa shape index (κ3) is 5.73. The van der Waals surface area contributed by atoms with E-state index in [-0.39, 0.29) is 5.92 Å². The normalized spacial score (nSPS) is 22.2. The van der Waals surface area contributed by atoms with Crippen molar-refractivity contribution in [3.8, 4) is 34.4 Å². The van der Waals surface area contributed by atoms with Gasteiger partial charge in [0.2, 0.25) is 0 Å². The third-order valence-electron chi connectivity index (χ3n) is 12.4. The van der Waals surface area contributed by atoms with Crippen LogP contribution in [0.25, 0.3) is 0 Å². The van der Waals surface area contributed by atoms with Gasteiger partial charge >= 0.3 is 0 Å². The fraction of sp³-hybridized carbons (Fsp3) is 0.236. The molecule has 9 rings (SSSR count). The number of rotatable bonds is 3. The van der Waals surface area contributed by atoms with Gasteiger partial charge in [-0.3, -0.25) is 0 Å². The Bertz CT molecular complexity index is 2400. The Morgan fingerprint density at radius 1 is 0.310 bits per heavy atom. The quantitative estimate of drug-likeness (QED) is 0.124. The molecule has 0 radical (unpaired) electrons. The van der Waals surface area contributed by atoms with Crippen LogP contribution in [0.2, 0.25) is 58.9 Å². The SMILES string of the molecule is C[Si](C)(C)C#Cc1ccc(C23c4ccccc4C4(c5ccc(C#C[Si](C)(C)C)cc5)c5ccccc5C(c5ccc(C#C[Si](C)(C)C)cc5)(c5ccccc52)C34)cc1. The van der Waals surface area contributed by atoms with E-state index in [2.05, 4.69) is 239 Å². The summed E-state index contributed by atoms with van der Waals surface area (Å²) in [4.78, 5) is 0.